The summed E-state index contributed by atoms with van der Waals surface area (Å²) in [6.07, 6.45) is -2.70. The predicted molar refractivity (Wildman–Crippen MR) is 171 cm³/mol. The van der Waals surface area contributed by atoms with Gasteiger partial charge in [0, 0.05) is 18.5 Å². The van der Waals surface area contributed by atoms with E-state index in [0.717, 1.165) is 47.9 Å². The van der Waals surface area contributed by atoms with Crippen LogP contribution in [-0.4, -0.2) is 32.0 Å². The zero-order valence-electron chi connectivity index (χ0n) is 27.1. The number of aromatic nitrogens is 4. The Balaban J connectivity index is 0.000000308. The Morgan fingerprint density at radius 2 is 1.38 bits per heavy atom. The molecule has 2 aromatic carbocycles. The number of fused-ring (bicyclic) bond motifs is 2. The molecule has 1 amide bonds. The molecule has 0 saturated carbocycles. The van der Waals surface area contributed by atoms with E-state index in [1.165, 1.54) is 0 Å². The number of nitrogens with one attached hydrogen (secondary N) is 1. The number of carbonyl (C=O) groups excluding carboxylic acids is 1. The number of nitrogens with zero attached hydrogens (tertiary/aromatic N) is 4. The van der Waals surface area contributed by atoms with Crippen LogP contribution in [0.15, 0.2) is 45.4 Å². The SMILES string of the molecule is CC(C)(C)OC(=O)N[C@@H]1CCc2cc(-c3noc(C(F)F)n3)ccc21.Cl.Cl.N[C@@H]1CCc2cc(-c3noc(C(F)F)n3)ccc21.[2H]CC. The van der Waals surface area contributed by atoms with Gasteiger partial charge in [0.15, 0.2) is 0 Å². The Hall–Kier alpha value is -3.75. The summed E-state index contributed by atoms with van der Waals surface area (Å²) in [4.78, 5) is 19.3. The fourth-order valence-electron chi connectivity index (χ4n) is 5.03. The van der Waals surface area contributed by atoms with Crippen LogP contribution >= 0.6 is 24.8 Å². The molecule has 4 aromatic rings. The van der Waals surface area contributed by atoms with Gasteiger partial charge in [-0.1, -0.05) is 48.4 Å². The fourth-order valence-corrected chi connectivity index (χ4v) is 5.03. The predicted octanol–water partition coefficient (Wildman–Crippen LogP) is 8.68. The molecule has 6 rings (SSSR count). The van der Waals surface area contributed by atoms with E-state index in [4.69, 9.17) is 11.8 Å². The first kappa shape index (κ1) is 37.7. The molecule has 0 bridgehead atoms. The number of halogens is 6. The highest BCUT2D eigenvalue weighted by Crippen LogP contribution is 2.35. The van der Waals surface area contributed by atoms with Crippen LogP contribution in [0.2, 0.25) is 0 Å². The van der Waals surface area contributed by atoms with Gasteiger partial charge in [0.25, 0.3) is 11.8 Å². The average molecular weight is 707 g/mol. The molecule has 0 saturated heterocycles. The molecule has 0 radical (unpaired) electrons. The van der Waals surface area contributed by atoms with E-state index in [-0.39, 0.29) is 48.5 Å². The van der Waals surface area contributed by atoms with Crippen LogP contribution in [0, 0.1) is 0 Å². The minimum absolute atomic E-state index is 0. The van der Waals surface area contributed by atoms with Crippen LogP contribution in [-0.2, 0) is 17.6 Å². The number of amides is 1. The smallest absolute Gasteiger partial charge is 0.408 e. The normalized spacial score (nSPS) is 16.4. The lowest BCUT2D eigenvalue weighted by Crippen LogP contribution is -2.34. The largest absolute Gasteiger partial charge is 0.444 e. The van der Waals surface area contributed by atoms with Crippen molar-refractivity contribution in [1.29, 1.82) is 0 Å². The number of aryl methyl sites for hydroxylation is 2. The van der Waals surface area contributed by atoms with Gasteiger partial charge in [0.2, 0.25) is 11.6 Å². The lowest BCUT2D eigenvalue weighted by molar-refractivity contribution is 0.0503. The number of nitrogens with two attached hydrogens (primary N) is 1. The van der Waals surface area contributed by atoms with Crippen molar-refractivity contribution in [2.45, 2.75) is 90.8 Å². The Bertz CT molecular complexity index is 1640. The van der Waals surface area contributed by atoms with E-state index in [1.807, 2.05) is 24.3 Å². The molecule has 0 spiro atoms. The summed E-state index contributed by atoms with van der Waals surface area (Å²) < 4.78 is 70.3. The standard InChI is InChI=1S/C17H19F2N3O3.C12H11F2N3O.C2H6.2ClH/c1-17(2,3)24-16(23)20-12-7-5-9-8-10(4-6-11(9)12)14-21-15(13(18)19)25-22-14;13-10(14)12-16-11(17-18-12)7-1-3-8-6(5-7)2-4-9(8)15;1-2;;/h4,6,8,12-13H,5,7H2,1-3H3,(H,20,23);1,3,5,9-10H,2,4,15H2;1-2H3;2*1H/t12-;9-;;;/m11.../s1/i;;1D;;. The number of hydrogen-bond acceptors (Lipinski definition) is 9. The second-order valence-electron chi connectivity index (χ2n) is 11.2. The van der Waals surface area contributed by atoms with Crippen molar-refractivity contribution in [2.24, 2.45) is 5.73 Å². The third-order valence-electron chi connectivity index (χ3n) is 6.95. The molecule has 3 N–H and O–H groups in total. The molecule has 47 heavy (non-hydrogen) atoms. The maximum absolute atomic E-state index is 12.6. The highest BCUT2D eigenvalue weighted by atomic mass is 35.5. The number of alkyl carbamates (subject to hydrolysis) is 1. The van der Waals surface area contributed by atoms with Gasteiger partial charge in [-0.3, -0.25) is 0 Å². The highest BCUT2D eigenvalue weighted by molar-refractivity contribution is 5.85. The minimum Gasteiger partial charge on any atom is -0.444 e. The number of benzene rings is 2. The Morgan fingerprint density at radius 1 is 0.915 bits per heavy atom. The van der Waals surface area contributed by atoms with Gasteiger partial charge < -0.3 is 24.8 Å². The van der Waals surface area contributed by atoms with Crippen molar-refractivity contribution < 1.29 is 37.5 Å². The number of hydrogen-bond donors (Lipinski definition) is 2. The lowest BCUT2D eigenvalue weighted by Gasteiger charge is -2.22. The van der Waals surface area contributed by atoms with Gasteiger partial charge >= 0.3 is 18.9 Å². The number of alkyl halides is 4. The lowest BCUT2D eigenvalue weighted by atomic mass is 10.0. The van der Waals surface area contributed by atoms with Crippen molar-refractivity contribution in [3.63, 3.8) is 0 Å². The second-order valence-corrected chi connectivity index (χ2v) is 11.2. The minimum atomic E-state index is -2.79. The molecule has 2 aromatic heterocycles. The van der Waals surface area contributed by atoms with E-state index < -0.39 is 36.3 Å². The second kappa shape index (κ2) is 16.9. The average Bonchev–Trinajstić information content (AvgIpc) is 3.80. The molecule has 0 aliphatic heterocycles. The first-order chi connectivity index (χ1) is 21.8. The van der Waals surface area contributed by atoms with Crippen molar-refractivity contribution in [1.82, 2.24) is 25.6 Å². The van der Waals surface area contributed by atoms with Crippen LogP contribution in [0.3, 0.4) is 0 Å². The van der Waals surface area contributed by atoms with E-state index in [9.17, 15) is 22.4 Å². The summed E-state index contributed by atoms with van der Waals surface area (Å²) in [7, 11) is 0. The first-order valence-corrected chi connectivity index (χ1v) is 14.3. The van der Waals surface area contributed by atoms with Crippen molar-refractivity contribution in [3.8, 4) is 22.8 Å². The summed E-state index contributed by atoms with van der Waals surface area (Å²) in [5.74, 6) is -1.03. The molecule has 2 heterocycles. The molecule has 10 nitrogen and oxygen atoms in total. The quantitative estimate of drug-likeness (QED) is 0.195. The monoisotopic (exact) mass is 705 g/mol. The van der Waals surface area contributed by atoms with E-state index in [2.05, 4.69) is 34.6 Å². The summed E-state index contributed by atoms with van der Waals surface area (Å²) in [6, 6.07) is 10.9. The van der Waals surface area contributed by atoms with Crippen molar-refractivity contribution >= 4 is 30.9 Å². The van der Waals surface area contributed by atoms with Crippen LogP contribution in [0.4, 0.5) is 22.4 Å². The van der Waals surface area contributed by atoms with Gasteiger partial charge in [-0.2, -0.15) is 27.5 Å². The zero-order valence-corrected chi connectivity index (χ0v) is 27.8. The number of carbonyl (C=O) groups is 1. The molecule has 2 aliphatic carbocycles. The molecule has 16 heteroatoms. The van der Waals surface area contributed by atoms with Gasteiger partial charge in [0.05, 0.1) is 6.04 Å². The fraction of sp³-hybridized carbons (Fsp3) is 0.452. The summed E-state index contributed by atoms with van der Waals surface area (Å²) in [5.41, 5.74) is 10.9. The number of rotatable bonds is 5. The van der Waals surface area contributed by atoms with E-state index in [0.29, 0.717) is 18.0 Å². The summed E-state index contributed by atoms with van der Waals surface area (Å²) in [6.45, 7) is 7.71. The van der Waals surface area contributed by atoms with Crippen LogP contribution in [0.5, 0.6) is 0 Å². The first-order valence-electron chi connectivity index (χ1n) is 15.0. The highest BCUT2D eigenvalue weighted by Gasteiger charge is 2.27. The third-order valence-corrected chi connectivity index (χ3v) is 6.95. The van der Waals surface area contributed by atoms with Crippen LogP contribution in [0.25, 0.3) is 22.8 Å². The Kier molecular flexibility index (Phi) is 13.5. The molecule has 0 fully saturated rings. The van der Waals surface area contributed by atoms with E-state index in [1.54, 1.807) is 39.8 Å². The Morgan fingerprint density at radius 3 is 1.85 bits per heavy atom. The summed E-state index contributed by atoms with van der Waals surface area (Å²) >= 11 is 0. The number of ether oxygens (including phenoxy) is 1. The topological polar surface area (TPSA) is 142 Å². The Labute approximate surface area is 283 Å². The molecule has 0 unspecified atom stereocenters. The molecule has 258 valence electrons. The maximum atomic E-state index is 12.6. The van der Waals surface area contributed by atoms with Crippen LogP contribution in [0.1, 0.15) is 108 Å². The van der Waals surface area contributed by atoms with Crippen LogP contribution < -0.4 is 11.1 Å². The molecular formula is C31H38Cl2F4N6O4. The molecule has 2 aliphatic rings. The van der Waals surface area contributed by atoms with E-state index >= 15 is 0 Å². The van der Waals surface area contributed by atoms with Crippen molar-refractivity contribution in [3.05, 3.63) is 70.4 Å². The molecular weight excluding hydrogens is 667 g/mol. The molecule has 2 atom stereocenters. The van der Waals surface area contributed by atoms with Gasteiger partial charge in [0.1, 0.15) is 5.60 Å². The van der Waals surface area contributed by atoms with Crippen molar-refractivity contribution in [2.75, 3.05) is 0 Å². The maximum Gasteiger partial charge on any atom is 0.408 e. The van der Waals surface area contributed by atoms with Gasteiger partial charge in [-0.05, 0) is 80.8 Å². The third kappa shape index (κ3) is 9.88. The van der Waals surface area contributed by atoms with Gasteiger partial charge in [-0.15, -0.1) is 24.8 Å². The zero-order chi connectivity index (χ0) is 33.6. The van der Waals surface area contributed by atoms with Gasteiger partial charge in [-0.25, -0.2) is 4.79 Å². The summed E-state index contributed by atoms with van der Waals surface area (Å²) in [5, 5.41) is 10.00.